The summed E-state index contributed by atoms with van der Waals surface area (Å²) in [6.07, 6.45) is 1.91. The van der Waals surface area contributed by atoms with Crippen molar-refractivity contribution in [2.45, 2.75) is 32.2 Å². The van der Waals surface area contributed by atoms with Crippen molar-refractivity contribution in [1.29, 1.82) is 0 Å². The zero-order chi connectivity index (χ0) is 17.8. The third kappa shape index (κ3) is 4.36. The van der Waals surface area contributed by atoms with E-state index in [0.717, 1.165) is 12.8 Å². The molecule has 2 heterocycles. The molecule has 3 rings (SSSR count). The Morgan fingerprint density at radius 3 is 2.52 bits per heavy atom. The fourth-order valence-electron chi connectivity index (χ4n) is 3.38. The molecule has 0 aliphatic carbocycles. The third-order valence-electron chi connectivity index (χ3n) is 4.61. The van der Waals surface area contributed by atoms with E-state index in [0.29, 0.717) is 31.1 Å². The maximum absolute atomic E-state index is 12.5. The molecule has 1 unspecified atom stereocenters. The molecule has 0 aromatic heterocycles. The van der Waals surface area contributed by atoms with Crippen LogP contribution >= 0.6 is 0 Å². The summed E-state index contributed by atoms with van der Waals surface area (Å²) in [6, 6.07) is 7.16. The minimum absolute atomic E-state index is 0.0408. The summed E-state index contributed by atoms with van der Waals surface area (Å²) in [4.78, 5) is 37.8. The highest BCUT2D eigenvalue weighted by Gasteiger charge is 2.38. The van der Waals surface area contributed by atoms with Crippen LogP contribution in [0, 0.1) is 5.92 Å². The number of hydrogen-bond acceptors (Lipinski definition) is 4. The quantitative estimate of drug-likeness (QED) is 0.868. The summed E-state index contributed by atoms with van der Waals surface area (Å²) in [7, 11) is 0. The van der Waals surface area contributed by atoms with E-state index in [-0.39, 0.29) is 36.1 Å². The van der Waals surface area contributed by atoms with Crippen molar-refractivity contribution in [2.75, 3.05) is 30.4 Å². The van der Waals surface area contributed by atoms with Gasteiger partial charge in [0.25, 0.3) is 0 Å². The van der Waals surface area contributed by atoms with E-state index in [9.17, 15) is 14.4 Å². The Morgan fingerprint density at radius 2 is 1.84 bits per heavy atom. The largest absolute Gasteiger partial charge is 0.381 e. The number of nitrogens with one attached hydrogen (secondary N) is 2. The Labute approximate surface area is 146 Å². The minimum atomic E-state index is -0.347. The van der Waals surface area contributed by atoms with Crippen LogP contribution in [0.5, 0.6) is 0 Å². The summed E-state index contributed by atoms with van der Waals surface area (Å²) in [5, 5.41) is 5.53. The molecular formula is C18H23N3O4. The molecule has 2 aliphatic heterocycles. The van der Waals surface area contributed by atoms with Crippen LogP contribution in [0.1, 0.15) is 26.2 Å². The van der Waals surface area contributed by atoms with Crippen molar-refractivity contribution < 1.29 is 19.1 Å². The van der Waals surface area contributed by atoms with Gasteiger partial charge in [0.15, 0.2) is 0 Å². The van der Waals surface area contributed by atoms with Crippen molar-refractivity contribution in [1.82, 2.24) is 4.90 Å². The second-order valence-electron chi connectivity index (χ2n) is 6.54. The highest BCUT2D eigenvalue weighted by atomic mass is 16.5. The Bertz CT molecular complexity index is 670. The van der Waals surface area contributed by atoms with Gasteiger partial charge in [-0.25, -0.2) is 0 Å². The molecule has 7 heteroatoms. The lowest BCUT2D eigenvalue weighted by Gasteiger charge is -2.31. The number of ether oxygens (including phenoxy) is 1. The molecule has 2 fully saturated rings. The van der Waals surface area contributed by atoms with Crippen LogP contribution < -0.4 is 10.6 Å². The predicted molar refractivity (Wildman–Crippen MR) is 93.0 cm³/mol. The molecule has 2 saturated heterocycles. The average molecular weight is 345 g/mol. The van der Waals surface area contributed by atoms with Gasteiger partial charge in [-0.2, -0.15) is 0 Å². The summed E-state index contributed by atoms with van der Waals surface area (Å²) < 4.78 is 5.34. The number of rotatable bonds is 4. The first-order chi connectivity index (χ1) is 12.0. The summed E-state index contributed by atoms with van der Waals surface area (Å²) >= 11 is 0. The highest BCUT2D eigenvalue weighted by Crippen LogP contribution is 2.26. The van der Waals surface area contributed by atoms with E-state index >= 15 is 0 Å². The number of benzene rings is 1. The monoisotopic (exact) mass is 345 g/mol. The Hall–Kier alpha value is -2.41. The Morgan fingerprint density at radius 1 is 1.16 bits per heavy atom. The van der Waals surface area contributed by atoms with Gasteiger partial charge in [0.1, 0.15) is 0 Å². The van der Waals surface area contributed by atoms with Gasteiger partial charge in [-0.05, 0) is 31.0 Å². The van der Waals surface area contributed by atoms with E-state index in [4.69, 9.17) is 4.74 Å². The molecule has 2 N–H and O–H groups in total. The molecule has 1 aromatic rings. The van der Waals surface area contributed by atoms with Crippen molar-refractivity contribution >= 4 is 29.1 Å². The molecule has 1 aromatic carbocycles. The normalized spacial score (nSPS) is 21.2. The number of carbonyl (C=O) groups is 3. The lowest BCUT2D eigenvalue weighted by molar-refractivity contribution is -0.131. The first-order valence-electron chi connectivity index (χ1n) is 8.58. The molecule has 7 nitrogen and oxygen atoms in total. The van der Waals surface area contributed by atoms with E-state index in [2.05, 4.69) is 10.6 Å². The van der Waals surface area contributed by atoms with E-state index in [1.165, 1.54) is 6.92 Å². The number of carbonyl (C=O) groups excluding carboxylic acids is 3. The van der Waals surface area contributed by atoms with Crippen LogP contribution in [0.4, 0.5) is 11.4 Å². The van der Waals surface area contributed by atoms with Crippen LogP contribution in [0.3, 0.4) is 0 Å². The van der Waals surface area contributed by atoms with Crippen molar-refractivity contribution in [2.24, 2.45) is 5.92 Å². The van der Waals surface area contributed by atoms with Gasteiger partial charge in [-0.3, -0.25) is 14.4 Å². The molecular weight excluding hydrogens is 322 g/mol. The number of hydrogen-bond donors (Lipinski definition) is 2. The topological polar surface area (TPSA) is 87.7 Å². The molecule has 0 spiro atoms. The summed E-state index contributed by atoms with van der Waals surface area (Å²) in [6.45, 7) is 3.23. The molecule has 0 bridgehead atoms. The van der Waals surface area contributed by atoms with E-state index < -0.39 is 0 Å². The second-order valence-corrected chi connectivity index (χ2v) is 6.54. The average Bonchev–Trinajstić information content (AvgIpc) is 2.97. The van der Waals surface area contributed by atoms with Crippen LogP contribution in [-0.2, 0) is 19.1 Å². The van der Waals surface area contributed by atoms with Gasteiger partial charge in [-0.15, -0.1) is 0 Å². The Balaban J connectivity index is 1.60. The first kappa shape index (κ1) is 17.4. The van der Waals surface area contributed by atoms with Gasteiger partial charge in [0.2, 0.25) is 17.7 Å². The molecule has 134 valence electrons. The van der Waals surface area contributed by atoms with Gasteiger partial charge < -0.3 is 20.3 Å². The lowest BCUT2D eigenvalue weighted by atomic mass is 10.1. The fraction of sp³-hybridized carbons (Fsp3) is 0.500. The number of likely N-dealkylation sites (tertiary alicyclic amines) is 1. The molecule has 25 heavy (non-hydrogen) atoms. The number of amides is 3. The zero-order valence-corrected chi connectivity index (χ0v) is 14.3. The maximum atomic E-state index is 12.5. The second kappa shape index (κ2) is 7.65. The molecule has 2 aliphatic rings. The van der Waals surface area contributed by atoms with E-state index in [1.807, 2.05) is 4.90 Å². The summed E-state index contributed by atoms with van der Waals surface area (Å²) in [5.41, 5.74) is 1.23. The maximum Gasteiger partial charge on any atom is 0.229 e. The predicted octanol–water partition coefficient (Wildman–Crippen LogP) is 1.61. The fourth-order valence-corrected chi connectivity index (χ4v) is 3.38. The zero-order valence-electron chi connectivity index (χ0n) is 14.3. The Kier molecular flexibility index (Phi) is 5.33. The number of nitrogens with zero attached hydrogens (tertiary/aromatic N) is 1. The van der Waals surface area contributed by atoms with Gasteiger partial charge in [0, 0.05) is 50.5 Å². The molecule has 0 radical (unpaired) electrons. The SMILES string of the molecule is CC(=O)Nc1cccc(NC(=O)C2CC(=O)N(C3CCOCC3)C2)c1. The minimum Gasteiger partial charge on any atom is -0.381 e. The lowest BCUT2D eigenvalue weighted by Crippen LogP contribution is -2.41. The van der Waals surface area contributed by atoms with Crippen molar-refractivity contribution in [3.63, 3.8) is 0 Å². The summed E-state index contributed by atoms with van der Waals surface area (Å²) in [5.74, 6) is -0.640. The molecule has 1 atom stereocenters. The highest BCUT2D eigenvalue weighted by molar-refractivity contribution is 5.98. The van der Waals surface area contributed by atoms with Gasteiger partial charge in [-0.1, -0.05) is 6.07 Å². The van der Waals surface area contributed by atoms with Gasteiger partial charge >= 0.3 is 0 Å². The van der Waals surface area contributed by atoms with E-state index in [1.54, 1.807) is 24.3 Å². The standard InChI is InChI=1S/C18H23N3O4/c1-12(22)19-14-3-2-4-15(10-14)20-18(24)13-9-17(23)21(11-13)16-5-7-25-8-6-16/h2-4,10,13,16H,5-9,11H2,1H3,(H,19,22)(H,20,24). The number of anilines is 2. The van der Waals surface area contributed by atoms with Crippen LogP contribution in [0.15, 0.2) is 24.3 Å². The van der Waals surface area contributed by atoms with Crippen LogP contribution in [0.25, 0.3) is 0 Å². The van der Waals surface area contributed by atoms with Crippen LogP contribution in [0.2, 0.25) is 0 Å². The van der Waals surface area contributed by atoms with Gasteiger partial charge in [0.05, 0.1) is 5.92 Å². The molecule has 3 amide bonds. The van der Waals surface area contributed by atoms with Crippen molar-refractivity contribution in [3.8, 4) is 0 Å². The van der Waals surface area contributed by atoms with Crippen molar-refractivity contribution in [3.05, 3.63) is 24.3 Å². The smallest absolute Gasteiger partial charge is 0.229 e. The third-order valence-corrected chi connectivity index (χ3v) is 4.61. The first-order valence-corrected chi connectivity index (χ1v) is 8.58. The molecule has 0 saturated carbocycles. The van der Waals surface area contributed by atoms with Crippen LogP contribution in [-0.4, -0.2) is 48.4 Å².